The van der Waals surface area contributed by atoms with Gasteiger partial charge in [0.2, 0.25) is 0 Å². The maximum Gasteiger partial charge on any atom is 0.344 e. The molecule has 0 unspecified atom stereocenters. The van der Waals surface area contributed by atoms with Crippen LogP contribution in [0.5, 0.6) is 5.75 Å². The molecule has 0 aliphatic heterocycles. The van der Waals surface area contributed by atoms with E-state index in [1.165, 1.54) is 6.08 Å². The minimum Gasteiger partial charge on any atom is -0.482 e. The van der Waals surface area contributed by atoms with Crippen molar-refractivity contribution < 1.29 is 23.9 Å². The first kappa shape index (κ1) is 20.2. The van der Waals surface area contributed by atoms with Gasteiger partial charge in [-0.05, 0) is 23.1 Å². The predicted octanol–water partition coefficient (Wildman–Crippen LogP) is 1.92. The van der Waals surface area contributed by atoms with E-state index in [1.54, 1.807) is 12.1 Å². The monoisotopic (exact) mass is 348 g/mol. The molecule has 3 amide bonds. The molecule has 1 aromatic carbocycles. The number of rotatable bonds is 7. The van der Waals surface area contributed by atoms with E-state index in [4.69, 9.17) is 9.47 Å². The lowest BCUT2D eigenvalue weighted by molar-refractivity contribution is -0.150. The van der Waals surface area contributed by atoms with Gasteiger partial charge in [-0.1, -0.05) is 39.0 Å². The topological polar surface area (TPSA) is 93.7 Å². The Hall–Kier alpha value is -2.83. The van der Waals surface area contributed by atoms with E-state index in [9.17, 15) is 14.4 Å². The smallest absolute Gasteiger partial charge is 0.344 e. The molecule has 0 heterocycles. The van der Waals surface area contributed by atoms with Crippen molar-refractivity contribution in [1.29, 1.82) is 0 Å². The number of hydrogen-bond acceptors (Lipinski definition) is 5. The number of esters is 1. The highest BCUT2D eigenvalue weighted by Gasteiger charge is 2.14. The number of benzene rings is 1. The van der Waals surface area contributed by atoms with Gasteiger partial charge in [0.05, 0.1) is 0 Å². The molecular formula is C18H24N2O5. The van der Waals surface area contributed by atoms with Crippen molar-refractivity contribution in [2.75, 3.05) is 19.8 Å². The average Bonchev–Trinajstić information content (AvgIpc) is 2.55. The second-order valence-electron chi connectivity index (χ2n) is 6.27. The molecule has 2 N–H and O–H groups in total. The Bertz CT molecular complexity index is 617. The molecule has 1 rings (SSSR count). The van der Waals surface area contributed by atoms with Crippen LogP contribution in [0.2, 0.25) is 0 Å². The summed E-state index contributed by atoms with van der Waals surface area (Å²) in [6, 6.07) is 6.71. The fraction of sp³-hybridized carbons (Fsp3) is 0.389. The van der Waals surface area contributed by atoms with Crippen LogP contribution in [0, 0.1) is 0 Å². The average molecular weight is 348 g/mol. The molecule has 0 saturated heterocycles. The van der Waals surface area contributed by atoms with Gasteiger partial charge in [-0.3, -0.25) is 10.1 Å². The summed E-state index contributed by atoms with van der Waals surface area (Å²) in [6.45, 7) is 9.05. The summed E-state index contributed by atoms with van der Waals surface area (Å²) in [5.74, 6) is -0.913. The normalized spacial score (nSPS) is 10.5. The van der Waals surface area contributed by atoms with Crippen molar-refractivity contribution in [3.05, 3.63) is 42.5 Å². The number of nitrogens with one attached hydrogen (secondary N) is 2. The first-order valence-electron chi connectivity index (χ1n) is 7.80. The second-order valence-corrected chi connectivity index (χ2v) is 6.27. The fourth-order valence-corrected chi connectivity index (χ4v) is 1.75. The number of amides is 3. The molecule has 7 heteroatoms. The molecule has 7 nitrogen and oxygen atoms in total. The molecule has 0 radical (unpaired) electrons. The Morgan fingerprint density at radius 3 is 2.32 bits per heavy atom. The summed E-state index contributed by atoms with van der Waals surface area (Å²) in [5, 5.41) is 4.37. The van der Waals surface area contributed by atoms with Crippen LogP contribution in [0.15, 0.2) is 36.9 Å². The van der Waals surface area contributed by atoms with E-state index < -0.39 is 24.5 Å². The molecule has 136 valence electrons. The third kappa shape index (κ3) is 8.01. The van der Waals surface area contributed by atoms with Crippen LogP contribution in [0.3, 0.4) is 0 Å². The Morgan fingerprint density at radius 1 is 1.12 bits per heavy atom. The lowest BCUT2D eigenvalue weighted by Crippen LogP contribution is -2.41. The van der Waals surface area contributed by atoms with Gasteiger partial charge < -0.3 is 14.8 Å². The van der Waals surface area contributed by atoms with Gasteiger partial charge in [0.25, 0.3) is 5.91 Å². The minimum atomic E-state index is -0.732. The molecular weight excluding hydrogens is 324 g/mol. The lowest BCUT2D eigenvalue weighted by Gasteiger charge is -2.19. The lowest BCUT2D eigenvalue weighted by atomic mass is 9.87. The van der Waals surface area contributed by atoms with Gasteiger partial charge >= 0.3 is 12.0 Å². The summed E-state index contributed by atoms with van der Waals surface area (Å²) in [5.41, 5.74) is 1.18. The summed E-state index contributed by atoms with van der Waals surface area (Å²) < 4.78 is 10.0. The van der Waals surface area contributed by atoms with Gasteiger partial charge in [0, 0.05) is 6.54 Å². The molecule has 0 aliphatic rings. The summed E-state index contributed by atoms with van der Waals surface area (Å²) in [4.78, 5) is 34.2. The van der Waals surface area contributed by atoms with E-state index in [1.807, 2.05) is 17.4 Å². The minimum absolute atomic E-state index is 0.0305. The maximum atomic E-state index is 11.6. The zero-order chi connectivity index (χ0) is 18.9. The van der Waals surface area contributed by atoms with Crippen LogP contribution in [0.4, 0.5) is 4.79 Å². The van der Waals surface area contributed by atoms with E-state index in [2.05, 4.69) is 32.7 Å². The first-order valence-corrected chi connectivity index (χ1v) is 7.80. The van der Waals surface area contributed by atoms with Gasteiger partial charge in [-0.2, -0.15) is 0 Å². The highest BCUT2D eigenvalue weighted by molar-refractivity contribution is 5.95. The Morgan fingerprint density at radius 2 is 1.76 bits per heavy atom. The van der Waals surface area contributed by atoms with Gasteiger partial charge in [-0.15, -0.1) is 6.58 Å². The van der Waals surface area contributed by atoms with Gasteiger partial charge in [0.1, 0.15) is 5.75 Å². The molecule has 1 aromatic rings. The van der Waals surface area contributed by atoms with Crippen molar-refractivity contribution in [2.45, 2.75) is 26.2 Å². The number of hydrogen-bond donors (Lipinski definition) is 2. The molecule has 0 atom stereocenters. The number of imide groups is 1. The highest BCUT2D eigenvalue weighted by atomic mass is 16.6. The molecule has 0 saturated carbocycles. The summed E-state index contributed by atoms with van der Waals surface area (Å²) >= 11 is 0. The van der Waals surface area contributed by atoms with Crippen molar-refractivity contribution in [2.24, 2.45) is 0 Å². The van der Waals surface area contributed by atoms with Crippen molar-refractivity contribution in [1.82, 2.24) is 10.6 Å². The van der Waals surface area contributed by atoms with Crippen LogP contribution in [-0.2, 0) is 19.7 Å². The van der Waals surface area contributed by atoms with Crippen LogP contribution >= 0.6 is 0 Å². The molecule has 0 bridgehead atoms. The molecule has 0 aliphatic carbocycles. The SMILES string of the molecule is C=CCNC(=O)NC(=O)COC(=O)COc1ccc(C(C)(C)C)cc1. The zero-order valence-corrected chi connectivity index (χ0v) is 14.8. The second kappa shape index (κ2) is 9.46. The quantitative estimate of drug-likeness (QED) is 0.580. The van der Waals surface area contributed by atoms with Crippen LogP contribution in [0.25, 0.3) is 0 Å². The van der Waals surface area contributed by atoms with Crippen molar-refractivity contribution >= 4 is 17.9 Å². The largest absolute Gasteiger partial charge is 0.482 e. The maximum absolute atomic E-state index is 11.6. The van der Waals surface area contributed by atoms with E-state index in [0.29, 0.717) is 5.75 Å². The predicted molar refractivity (Wildman–Crippen MR) is 93.3 cm³/mol. The number of carbonyl (C=O) groups excluding carboxylic acids is 3. The summed E-state index contributed by atoms with van der Waals surface area (Å²) in [7, 11) is 0. The van der Waals surface area contributed by atoms with Gasteiger partial charge in [-0.25, -0.2) is 9.59 Å². The van der Waals surface area contributed by atoms with Crippen molar-refractivity contribution in [3.8, 4) is 5.75 Å². The third-order valence-electron chi connectivity index (χ3n) is 3.10. The Kier molecular flexibility index (Phi) is 7.65. The summed E-state index contributed by atoms with van der Waals surface area (Å²) in [6.07, 6.45) is 1.47. The number of carbonyl (C=O) groups is 3. The van der Waals surface area contributed by atoms with Crippen LogP contribution in [-0.4, -0.2) is 37.7 Å². The van der Waals surface area contributed by atoms with E-state index in [-0.39, 0.29) is 18.6 Å². The number of ether oxygens (including phenoxy) is 2. The third-order valence-corrected chi connectivity index (χ3v) is 3.10. The Balaban J connectivity index is 2.32. The van der Waals surface area contributed by atoms with E-state index >= 15 is 0 Å². The molecule has 0 aromatic heterocycles. The van der Waals surface area contributed by atoms with Crippen LogP contribution in [0.1, 0.15) is 26.3 Å². The number of urea groups is 1. The molecule has 0 spiro atoms. The fourth-order valence-electron chi connectivity index (χ4n) is 1.75. The van der Waals surface area contributed by atoms with E-state index in [0.717, 1.165) is 5.56 Å². The standard InChI is InChI=1S/C18H24N2O5/c1-5-10-19-17(23)20-15(21)11-25-16(22)12-24-14-8-6-13(7-9-14)18(2,3)4/h5-9H,1,10-12H2,2-4H3,(H2,19,20,21,23). The zero-order valence-electron chi connectivity index (χ0n) is 14.8. The molecule has 25 heavy (non-hydrogen) atoms. The van der Waals surface area contributed by atoms with Gasteiger partial charge in [0.15, 0.2) is 13.2 Å². The molecule has 0 fully saturated rings. The Labute approximate surface area is 147 Å². The van der Waals surface area contributed by atoms with Crippen molar-refractivity contribution in [3.63, 3.8) is 0 Å². The highest BCUT2D eigenvalue weighted by Crippen LogP contribution is 2.24. The first-order chi connectivity index (χ1) is 11.7. The van der Waals surface area contributed by atoms with Crippen LogP contribution < -0.4 is 15.4 Å².